The van der Waals surface area contributed by atoms with Crippen LogP contribution in [-0.4, -0.2) is 67.6 Å². The SMILES string of the molecule is Cc1cccc(CN(c2ccc3c(c2)C(=O)N(CC(=O)O[C@@H](Cc2c(Cl)c[nH+]cc2Cl)c2ccc(OC(F)F)c(OCC4CC4)c2)C3=O)S(C)(=O)=O)n1.[OH-]. The highest BCUT2D eigenvalue weighted by Crippen LogP contribution is 2.38. The van der Waals surface area contributed by atoms with E-state index in [2.05, 4.69) is 14.7 Å². The second-order valence-electron chi connectivity index (χ2n) is 12.6. The first kappa shape index (κ1) is 40.3. The lowest BCUT2D eigenvalue weighted by molar-refractivity contribution is -0.377. The Bertz CT molecular complexity index is 2170. The molecule has 3 heterocycles. The summed E-state index contributed by atoms with van der Waals surface area (Å²) in [5.74, 6) is -2.54. The van der Waals surface area contributed by atoms with Gasteiger partial charge in [-0.15, -0.1) is 0 Å². The summed E-state index contributed by atoms with van der Waals surface area (Å²) in [5.41, 5.74) is 1.83. The minimum atomic E-state index is -3.86. The zero-order valence-corrected chi connectivity index (χ0v) is 31.1. The van der Waals surface area contributed by atoms with Crippen molar-refractivity contribution in [3.05, 3.63) is 111 Å². The number of halogens is 4. The van der Waals surface area contributed by atoms with E-state index >= 15 is 0 Å². The van der Waals surface area contributed by atoms with E-state index in [0.717, 1.165) is 23.4 Å². The molecule has 0 saturated heterocycles. The van der Waals surface area contributed by atoms with Gasteiger partial charge in [-0.3, -0.25) is 28.6 Å². The molecule has 13 nitrogen and oxygen atoms in total. The molecule has 54 heavy (non-hydrogen) atoms. The predicted molar refractivity (Wildman–Crippen MR) is 191 cm³/mol. The highest BCUT2D eigenvalue weighted by Gasteiger charge is 2.39. The number of ether oxygens (including phenoxy) is 3. The number of nitrogens with zero attached hydrogens (tertiary/aromatic N) is 3. The smallest absolute Gasteiger partial charge is 0.387 e. The van der Waals surface area contributed by atoms with E-state index in [1.165, 1.54) is 48.8 Å². The minimum Gasteiger partial charge on any atom is -0.870 e. The van der Waals surface area contributed by atoms with Crippen LogP contribution in [0.25, 0.3) is 0 Å². The number of aryl methyl sites for hydroxylation is 1. The molecule has 286 valence electrons. The lowest BCUT2D eigenvalue weighted by Gasteiger charge is -2.22. The number of nitrogens with one attached hydrogen (secondary N) is 1. The van der Waals surface area contributed by atoms with Crippen molar-refractivity contribution in [2.45, 2.75) is 45.4 Å². The van der Waals surface area contributed by atoms with Gasteiger partial charge in [0.05, 0.1) is 41.9 Å². The number of carbonyl (C=O) groups excluding carboxylic acids is 3. The van der Waals surface area contributed by atoms with Crippen LogP contribution in [0.4, 0.5) is 14.5 Å². The largest absolute Gasteiger partial charge is 0.870 e. The number of aromatic nitrogens is 2. The number of anilines is 1. The van der Waals surface area contributed by atoms with Gasteiger partial charge in [0.25, 0.3) is 11.8 Å². The summed E-state index contributed by atoms with van der Waals surface area (Å²) in [6.07, 6.45) is 4.60. The Morgan fingerprint density at radius 1 is 1.02 bits per heavy atom. The van der Waals surface area contributed by atoms with Crippen LogP contribution in [-0.2, 0) is 32.5 Å². The van der Waals surface area contributed by atoms with E-state index in [0.29, 0.717) is 27.4 Å². The van der Waals surface area contributed by atoms with Gasteiger partial charge >= 0.3 is 12.6 Å². The quantitative estimate of drug-likeness (QED) is 0.105. The molecule has 2 aliphatic rings. The maximum Gasteiger partial charge on any atom is 0.387 e. The van der Waals surface area contributed by atoms with E-state index in [9.17, 15) is 31.6 Å². The number of aromatic amines is 1. The van der Waals surface area contributed by atoms with Crippen molar-refractivity contribution in [2.24, 2.45) is 5.92 Å². The molecule has 2 aromatic heterocycles. The van der Waals surface area contributed by atoms with E-state index in [1.54, 1.807) is 25.1 Å². The number of hydrogen-bond acceptors (Lipinski definition) is 10. The number of H-pyrrole nitrogens is 1. The Balaban J connectivity index is 0.00000561. The Kier molecular flexibility index (Phi) is 12.4. The Morgan fingerprint density at radius 2 is 1.72 bits per heavy atom. The number of fused-ring (bicyclic) bond motifs is 1. The maximum absolute atomic E-state index is 13.6. The Hall–Kier alpha value is -4.90. The Labute approximate surface area is 319 Å². The summed E-state index contributed by atoms with van der Waals surface area (Å²) >= 11 is 12.8. The average molecular weight is 808 g/mol. The molecular weight excluding hydrogens is 773 g/mol. The number of amides is 2. The van der Waals surface area contributed by atoms with Gasteiger partial charge in [0, 0.05) is 17.7 Å². The third-order valence-electron chi connectivity index (χ3n) is 8.57. The van der Waals surface area contributed by atoms with Crippen LogP contribution in [0.2, 0.25) is 10.0 Å². The first-order chi connectivity index (χ1) is 25.2. The van der Waals surface area contributed by atoms with Gasteiger partial charge in [0.15, 0.2) is 23.9 Å². The third kappa shape index (κ3) is 9.42. The highest BCUT2D eigenvalue weighted by atomic mass is 35.5. The first-order valence-electron chi connectivity index (χ1n) is 16.3. The monoisotopic (exact) mass is 806 g/mol. The first-order valence-corrected chi connectivity index (χ1v) is 18.9. The van der Waals surface area contributed by atoms with Gasteiger partial charge in [0.2, 0.25) is 10.0 Å². The molecule has 1 saturated carbocycles. The van der Waals surface area contributed by atoms with E-state index < -0.39 is 47.1 Å². The fraction of sp³-hybridized carbons (Fsp3) is 0.306. The zero-order valence-electron chi connectivity index (χ0n) is 28.8. The van der Waals surface area contributed by atoms with E-state index in [1.807, 2.05) is 0 Å². The van der Waals surface area contributed by atoms with Crippen molar-refractivity contribution in [3.63, 3.8) is 0 Å². The molecule has 0 spiro atoms. The second kappa shape index (κ2) is 16.6. The molecule has 2 amide bonds. The maximum atomic E-state index is 13.6. The van der Waals surface area contributed by atoms with Gasteiger partial charge in [0.1, 0.15) is 22.7 Å². The van der Waals surface area contributed by atoms with Crippen LogP contribution in [0, 0.1) is 12.8 Å². The van der Waals surface area contributed by atoms with Crippen molar-refractivity contribution in [1.29, 1.82) is 0 Å². The third-order valence-corrected chi connectivity index (χ3v) is 10.4. The number of alkyl halides is 2. The highest BCUT2D eigenvalue weighted by molar-refractivity contribution is 7.92. The fourth-order valence-electron chi connectivity index (χ4n) is 5.74. The van der Waals surface area contributed by atoms with Crippen LogP contribution in [0.1, 0.15) is 62.2 Å². The topological polar surface area (TPSA) is 177 Å². The van der Waals surface area contributed by atoms with Crippen LogP contribution in [0.15, 0.2) is 67.0 Å². The summed E-state index contributed by atoms with van der Waals surface area (Å²) < 4.78 is 69.5. The number of pyridine rings is 2. The lowest BCUT2D eigenvalue weighted by Crippen LogP contribution is -2.36. The standard InChI is InChI=1S/C36H32Cl2F2N4O8S.H2O/c1-20-4-3-5-23(42-20)17-44(53(2,48)49)24-9-10-25-26(13-24)35(47)43(34(25)46)18-33(45)51-31(14-27-28(37)15-41-16-29(27)38)22-8-11-30(52-36(39)40)32(12-22)50-19-21-6-7-21;/h3-5,8-13,15-16,21,31,36H,6-7,14,17-19H2,1-2H3;1H2/t31-;/m0./s1. The molecule has 0 radical (unpaired) electrons. The number of benzene rings is 2. The summed E-state index contributed by atoms with van der Waals surface area (Å²) in [4.78, 5) is 48.4. The molecule has 2 N–H and O–H groups in total. The summed E-state index contributed by atoms with van der Waals surface area (Å²) in [6, 6.07) is 13.3. The number of esters is 1. The molecule has 0 unspecified atom stereocenters. The Morgan fingerprint density at radius 3 is 2.37 bits per heavy atom. The summed E-state index contributed by atoms with van der Waals surface area (Å²) in [5, 5.41) is 0.442. The van der Waals surface area contributed by atoms with Crippen molar-refractivity contribution >= 4 is 56.7 Å². The van der Waals surface area contributed by atoms with E-state index in [-0.39, 0.29) is 69.3 Å². The molecular formula is C36H34Cl2F2N4O9S. The number of hydrogen-bond donors (Lipinski definition) is 0. The molecule has 0 bridgehead atoms. The summed E-state index contributed by atoms with van der Waals surface area (Å²) in [6.45, 7) is -2.01. The van der Waals surface area contributed by atoms with Gasteiger partial charge in [-0.1, -0.05) is 35.3 Å². The van der Waals surface area contributed by atoms with Crippen LogP contribution < -0.4 is 18.8 Å². The van der Waals surface area contributed by atoms with Gasteiger partial charge in [-0.25, -0.2) is 13.4 Å². The molecule has 2 aromatic carbocycles. The van der Waals surface area contributed by atoms with Gasteiger partial charge < -0.3 is 19.7 Å². The molecule has 4 aromatic rings. The molecule has 1 aliphatic heterocycles. The van der Waals surface area contributed by atoms with Crippen molar-refractivity contribution in [3.8, 4) is 11.5 Å². The number of rotatable bonds is 15. The van der Waals surface area contributed by atoms with Gasteiger partial charge in [-0.05, 0) is 73.7 Å². The van der Waals surface area contributed by atoms with Crippen molar-refractivity contribution < 1.29 is 56.3 Å². The van der Waals surface area contributed by atoms with Crippen LogP contribution >= 0.6 is 23.2 Å². The number of imide groups is 1. The zero-order chi connectivity index (χ0) is 38.0. The second-order valence-corrected chi connectivity index (χ2v) is 15.3. The van der Waals surface area contributed by atoms with E-state index in [4.69, 9.17) is 32.7 Å². The van der Waals surface area contributed by atoms with Crippen molar-refractivity contribution in [1.82, 2.24) is 9.88 Å². The van der Waals surface area contributed by atoms with Crippen molar-refractivity contribution in [2.75, 3.05) is 23.7 Å². The fourth-order valence-corrected chi connectivity index (χ4v) is 7.14. The minimum absolute atomic E-state index is 0. The molecule has 1 aliphatic carbocycles. The molecule has 6 rings (SSSR count). The predicted octanol–water partition coefficient (Wildman–Crippen LogP) is 5.81. The van der Waals surface area contributed by atoms with Gasteiger partial charge in [-0.2, -0.15) is 8.78 Å². The molecule has 1 fully saturated rings. The lowest BCUT2D eigenvalue weighted by atomic mass is 10.0. The number of sulfonamides is 1. The van der Waals surface area contributed by atoms with Crippen LogP contribution in [0.5, 0.6) is 11.5 Å². The molecule has 18 heteroatoms. The normalized spacial score (nSPS) is 14.4. The summed E-state index contributed by atoms with van der Waals surface area (Å²) in [7, 11) is -3.86. The average Bonchev–Trinajstić information content (AvgIpc) is 3.90. The number of carbonyl (C=O) groups is 3. The molecule has 1 atom stereocenters. The van der Waals surface area contributed by atoms with Crippen LogP contribution in [0.3, 0.4) is 0 Å².